The number of allylic oxidation sites excluding steroid dienone is 2. The Morgan fingerprint density at radius 3 is 2.46 bits per heavy atom. The Morgan fingerprint density at radius 1 is 1.25 bits per heavy atom. The lowest BCUT2D eigenvalue weighted by atomic mass is 9.87. The van der Waals surface area contributed by atoms with Crippen LogP contribution >= 0.6 is 0 Å². The monoisotopic (exact) mass is 331 g/mol. The van der Waals surface area contributed by atoms with E-state index in [1.165, 1.54) is 0 Å². The van der Waals surface area contributed by atoms with Crippen molar-refractivity contribution >= 4 is 11.9 Å². The molecule has 0 heterocycles. The van der Waals surface area contributed by atoms with E-state index in [9.17, 15) is 9.59 Å². The van der Waals surface area contributed by atoms with Gasteiger partial charge in [-0.3, -0.25) is 4.79 Å². The third kappa shape index (κ3) is 4.50. The van der Waals surface area contributed by atoms with E-state index < -0.39 is 11.7 Å². The molecule has 6 heteroatoms. The van der Waals surface area contributed by atoms with Crippen LogP contribution in [0.4, 0.5) is 4.79 Å². The van der Waals surface area contributed by atoms with Crippen molar-refractivity contribution in [1.82, 2.24) is 10.6 Å². The van der Waals surface area contributed by atoms with Crippen molar-refractivity contribution in [2.75, 3.05) is 0 Å². The standard InChI is InChI=1S/C18H25N3O3/c1-11-14(19)15(16(11)22)20-9-12-6-5-7-13(8-12)10-21-17(23)24-18(2,3)4/h5-8,11,20H,9-10,19H2,1-4H3,(H,21,23). The van der Waals surface area contributed by atoms with Gasteiger partial charge in [-0.05, 0) is 38.8 Å². The lowest BCUT2D eigenvalue weighted by molar-refractivity contribution is -0.120. The first-order chi connectivity index (χ1) is 11.2. The summed E-state index contributed by atoms with van der Waals surface area (Å²) in [5.74, 6) is -0.132. The van der Waals surface area contributed by atoms with Crippen LogP contribution in [-0.4, -0.2) is 17.5 Å². The number of rotatable bonds is 5. The molecule has 1 aromatic carbocycles. The van der Waals surface area contributed by atoms with Gasteiger partial charge >= 0.3 is 6.09 Å². The predicted octanol–water partition coefficient (Wildman–Crippen LogP) is 2.19. The van der Waals surface area contributed by atoms with E-state index >= 15 is 0 Å². The summed E-state index contributed by atoms with van der Waals surface area (Å²) in [4.78, 5) is 23.4. The van der Waals surface area contributed by atoms with Gasteiger partial charge in [-0.1, -0.05) is 24.3 Å². The Kier molecular flexibility index (Phi) is 5.17. The van der Waals surface area contributed by atoms with Crippen molar-refractivity contribution in [3.8, 4) is 0 Å². The smallest absolute Gasteiger partial charge is 0.407 e. The predicted molar refractivity (Wildman–Crippen MR) is 91.7 cm³/mol. The summed E-state index contributed by atoms with van der Waals surface area (Å²) in [6, 6.07) is 7.75. The number of ketones is 1. The van der Waals surface area contributed by atoms with E-state index in [1.807, 2.05) is 45.0 Å². The molecule has 0 saturated heterocycles. The van der Waals surface area contributed by atoms with E-state index in [0.717, 1.165) is 11.1 Å². The second-order valence-electron chi connectivity index (χ2n) is 6.95. The number of nitrogens with one attached hydrogen (secondary N) is 2. The molecule has 4 N–H and O–H groups in total. The molecule has 0 fully saturated rings. The summed E-state index contributed by atoms with van der Waals surface area (Å²) in [5.41, 5.74) is 8.39. The summed E-state index contributed by atoms with van der Waals surface area (Å²) in [6.45, 7) is 8.15. The van der Waals surface area contributed by atoms with Crippen molar-refractivity contribution in [3.05, 3.63) is 46.8 Å². The molecule has 130 valence electrons. The molecule has 6 nitrogen and oxygen atoms in total. The number of ether oxygens (including phenoxy) is 1. The topological polar surface area (TPSA) is 93.5 Å². The van der Waals surface area contributed by atoms with Crippen molar-refractivity contribution in [2.24, 2.45) is 11.7 Å². The Labute approximate surface area is 142 Å². The molecule has 0 radical (unpaired) electrons. The molecule has 0 saturated carbocycles. The third-order valence-electron chi connectivity index (χ3n) is 3.69. The molecular weight excluding hydrogens is 306 g/mol. The third-order valence-corrected chi connectivity index (χ3v) is 3.69. The van der Waals surface area contributed by atoms with Gasteiger partial charge in [-0.25, -0.2) is 4.79 Å². The number of hydrogen-bond acceptors (Lipinski definition) is 5. The Hall–Kier alpha value is -2.50. The van der Waals surface area contributed by atoms with Gasteiger partial charge in [0.2, 0.25) is 0 Å². The highest BCUT2D eigenvalue weighted by molar-refractivity contribution is 6.05. The van der Waals surface area contributed by atoms with Gasteiger partial charge in [0.25, 0.3) is 0 Å². The minimum atomic E-state index is -0.518. The molecule has 1 aliphatic carbocycles. The number of carbonyl (C=O) groups excluding carboxylic acids is 2. The highest BCUT2D eigenvalue weighted by atomic mass is 16.6. The lowest BCUT2D eigenvalue weighted by Crippen LogP contribution is -2.40. The fraction of sp³-hybridized carbons (Fsp3) is 0.444. The summed E-state index contributed by atoms with van der Waals surface area (Å²) in [7, 11) is 0. The van der Waals surface area contributed by atoms with Gasteiger partial charge in [0.05, 0.1) is 11.6 Å². The molecule has 1 aromatic rings. The van der Waals surface area contributed by atoms with E-state index in [-0.39, 0.29) is 11.7 Å². The maximum Gasteiger partial charge on any atom is 0.407 e. The van der Waals surface area contributed by atoms with Crippen LogP contribution in [0.1, 0.15) is 38.8 Å². The minimum Gasteiger partial charge on any atom is -0.444 e. The van der Waals surface area contributed by atoms with Gasteiger partial charge in [0.15, 0.2) is 5.78 Å². The molecule has 0 aliphatic heterocycles. The van der Waals surface area contributed by atoms with Gasteiger partial charge in [-0.2, -0.15) is 0 Å². The van der Waals surface area contributed by atoms with Crippen LogP contribution < -0.4 is 16.4 Å². The molecule has 0 bridgehead atoms. The van der Waals surface area contributed by atoms with Crippen LogP contribution in [0.15, 0.2) is 35.7 Å². The Balaban J connectivity index is 1.88. The number of hydrogen-bond donors (Lipinski definition) is 3. The largest absolute Gasteiger partial charge is 0.444 e. The summed E-state index contributed by atoms with van der Waals surface area (Å²) < 4.78 is 5.20. The minimum absolute atomic E-state index is 0.0512. The molecule has 1 amide bonds. The second kappa shape index (κ2) is 6.95. The highest BCUT2D eigenvalue weighted by Gasteiger charge is 2.33. The van der Waals surface area contributed by atoms with Crippen LogP contribution in [-0.2, 0) is 22.6 Å². The second-order valence-corrected chi connectivity index (χ2v) is 6.95. The zero-order valence-corrected chi connectivity index (χ0v) is 14.6. The molecule has 24 heavy (non-hydrogen) atoms. The number of carbonyl (C=O) groups is 2. The van der Waals surface area contributed by atoms with Gasteiger partial charge in [0, 0.05) is 18.8 Å². The number of Topliss-reactive ketones (excluding diaryl/α,β-unsaturated/α-hetero) is 1. The zero-order chi connectivity index (χ0) is 17.9. The van der Waals surface area contributed by atoms with E-state index in [2.05, 4.69) is 10.6 Å². The van der Waals surface area contributed by atoms with Crippen LogP contribution in [0, 0.1) is 5.92 Å². The Morgan fingerprint density at radius 2 is 1.88 bits per heavy atom. The maximum absolute atomic E-state index is 11.7. The average molecular weight is 331 g/mol. The van der Waals surface area contributed by atoms with E-state index in [0.29, 0.717) is 24.5 Å². The molecule has 1 atom stereocenters. The number of benzene rings is 1. The fourth-order valence-electron chi connectivity index (χ4n) is 2.36. The molecular formula is C18H25N3O3. The Bertz CT molecular complexity index is 674. The SMILES string of the molecule is CC1C(=O)C(NCc2cccc(CNC(=O)OC(C)(C)C)c2)=C1N. The maximum atomic E-state index is 11.7. The number of alkyl carbamates (subject to hydrolysis) is 1. The van der Waals surface area contributed by atoms with Crippen LogP contribution in [0.3, 0.4) is 0 Å². The van der Waals surface area contributed by atoms with Gasteiger partial charge in [0.1, 0.15) is 5.60 Å². The quantitative estimate of drug-likeness (QED) is 0.769. The van der Waals surface area contributed by atoms with Crippen molar-refractivity contribution in [1.29, 1.82) is 0 Å². The fourth-order valence-corrected chi connectivity index (χ4v) is 2.36. The first kappa shape index (κ1) is 17.8. The number of amides is 1. The van der Waals surface area contributed by atoms with Gasteiger partial charge in [-0.15, -0.1) is 0 Å². The normalized spacial score (nSPS) is 17.3. The highest BCUT2D eigenvalue weighted by Crippen LogP contribution is 2.24. The van der Waals surface area contributed by atoms with Crippen molar-refractivity contribution < 1.29 is 14.3 Å². The van der Waals surface area contributed by atoms with E-state index in [1.54, 1.807) is 6.92 Å². The first-order valence-electron chi connectivity index (χ1n) is 8.00. The molecule has 1 aliphatic rings. The first-order valence-corrected chi connectivity index (χ1v) is 8.00. The summed E-state index contributed by atoms with van der Waals surface area (Å²) in [6.07, 6.45) is -0.446. The molecule has 0 aromatic heterocycles. The lowest BCUT2D eigenvalue weighted by Gasteiger charge is -2.27. The van der Waals surface area contributed by atoms with Crippen molar-refractivity contribution in [3.63, 3.8) is 0 Å². The molecule has 0 spiro atoms. The van der Waals surface area contributed by atoms with Gasteiger partial charge < -0.3 is 21.1 Å². The average Bonchev–Trinajstić information content (AvgIpc) is 2.51. The van der Waals surface area contributed by atoms with Crippen LogP contribution in [0.25, 0.3) is 0 Å². The van der Waals surface area contributed by atoms with E-state index in [4.69, 9.17) is 10.5 Å². The summed E-state index contributed by atoms with van der Waals surface area (Å²) >= 11 is 0. The molecule has 1 unspecified atom stereocenters. The number of nitrogens with two attached hydrogens (primary N) is 1. The summed E-state index contributed by atoms with van der Waals surface area (Å²) in [5, 5.41) is 5.81. The molecule has 2 rings (SSSR count). The van der Waals surface area contributed by atoms with Crippen LogP contribution in [0.2, 0.25) is 0 Å². The van der Waals surface area contributed by atoms with Crippen LogP contribution in [0.5, 0.6) is 0 Å². The zero-order valence-electron chi connectivity index (χ0n) is 14.6. The van der Waals surface area contributed by atoms with Crippen molar-refractivity contribution in [2.45, 2.75) is 46.4 Å².